The molecule has 0 saturated carbocycles. The van der Waals surface area contributed by atoms with Gasteiger partial charge in [-0.25, -0.2) is 13.8 Å². The number of carbonyl (C=O) groups is 2. The van der Waals surface area contributed by atoms with Crippen molar-refractivity contribution >= 4 is 17.3 Å². The summed E-state index contributed by atoms with van der Waals surface area (Å²) in [7, 11) is 0. The molecule has 0 aliphatic carbocycles. The smallest absolute Gasteiger partial charge is 0.164 e. The van der Waals surface area contributed by atoms with Crippen molar-refractivity contribution < 1.29 is 23.1 Å². The van der Waals surface area contributed by atoms with Crippen LogP contribution in [0.4, 0.5) is 8.78 Å². The molecule has 0 aromatic heterocycles. The minimum Gasteiger partial charge on any atom is -0.378 e. The van der Waals surface area contributed by atoms with Crippen molar-refractivity contribution in [3.05, 3.63) is 47.3 Å². The van der Waals surface area contributed by atoms with Crippen molar-refractivity contribution in [2.24, 2.45) is 4.99 Å². The Hall–Kier alpha value is -2.41. The number of nitrogens with zero attached hydrogens (tertiary/aromatic N) is 2. The summed E-state index contributed by atoms with van der Waals surface area (Å²) in [6.07, 6.45) is 1.27. The third-order valence-corrected chi connectivity index (χ3v) is 4.10. The molecule has 0 spiro atoms. The number of ether oxygens (including phenoxy) is 1. The summed E-state index contributed by atoms with van der Waals surface area (Å²) in [6.45, 7) is 2.40. The maximum Gasteiger partial charge on any atom is 0.164 e. The van der Waals surface area contributed by atoms with Crippen LogP contribution < -0.4 is 0 Å². The standard InChI is InChI=1S/C18H18F2N2O3/c19-16-3-1-2-12(18(16)20)8-14(23)9-13-10-15(24)11-17(21-13)22-4-6-25-7-5-22/h1-3,11H,4-10H2. The van der Waals surface area contributed by atoms with Crippen molar-refractivity contribution in [1.82, 2.24) is 4.90 Å². The topological polar surface area (TPSA) is 59.0 Å². The number of halogens is 2. The lowest BCUT2D eigenvalue weighted by Crippen LogP contribution is -2.36. The second-order valence-corrected chi connectivity index (χ2v) is 6.03. The molecule has 0 atom stereocenters. The summed E-state index contributed by atoms with van der Waals surface area (Å²) in [5.41, 5.74) is 0.465. The molecule has 2 aliphatic rings. The highest BCUT2D eigenvalue weighted by atomic mass is 19.2. The average Bonchev–Trinajstić information content (AvgIpc) is 2.59. The first-order valence-corrected chi connectivity index (χ1v) is 8.11. The Kier molecular flexibility index (Phi) is 5.33. The van der Waals surface area contributed by atoms with Gasteiger partial charge in [0.25, 0.3) is 0 Å². The number of hydrogen-bond acceptors (Lipinski definition) is 5. The minimum absolute atomic E-state index is 0.0108. The number of ketones is 2. The number of benzene rings is 1. The van der Waals surface area contributed by atoms with Crippen LogP contribution in [0, 0.1) is 11.6 Å². The van der Waals surface area contributed by atoms with E-state index < -0.39 is 11.6 Å². The van der Waals surface area contributed by atoms with E-state index in [9.17, 15) is 18.4 Å². The Balaban J connectivity index is 1.67. The number of hydrogen-bond donors (Lipinski definition) is 0. The number of Topliss-reactive ketones (excluding diaryl/α,β-unsaturated/α-hetero) is 1. The average molecular weight is 348 g/mol. The zero-order chi connectivity index (χ0) is 17.8. The van der Waals surface area contributed by atoms with Gasteiger partial charge in [-0.1, -0.05) is 12.1 Å². The lowest BCUT2D eigenvalue weighted by atomic mass is 10.0. The number of allylic oxidation sites excluding steroid dienone is 1. The third-order valence-electron chi connectivity index (χ3n) is 4.10. The van der Waals surface area contributed by atoms with E-state index in [-0.39, 0.29) is 36.4 Å². The number of aliphatic imine (C=N–C) groups is 1. The Morgan fingerprint density at radius 2 is 1.96 bits per heavy atom. The normalized spacial score (nSPS) is 18.0. The van der Waals surface area contributed by atoms with Crippen LogP contribution in [0.15, 0.2) is 35.1 Å². The third kappa shape index (κ3) is 4.36. The molecule has 1 aromatic carbocycles. The maximum absolute atomic E-state index is 13.7. The molecule has 1 aromatic rings. The van der Waals surface area contributed by atoms with Crippen LogP contribution in [0.5, 0.6) is 0 Å². The molecule has 3 rings (SSSR count). The fourth-order valence-electron chi connectivity index (χ4n) is 2.87. The highest BCUT2D eigenvalue weighted by Gasteiger charge is 2.22. The fourth-order valence-corrected chi connectivity index (χ4v) is 2.87. The van der Waals surface area contributed by atoms with Gasteiger partial charge in [0.2, 0.25) is 0 Å². The molecule has 25 heavy (non-hydrogen) atoms. The molecule has 7 heteroatoms. The molecule has 2 aliphatic heterocycles. The van der Waals surface area contributed by atoms with Gasteiger partial charge in [-0.2, -0.15) is 0 Å². The van der Waals surface area contributed by atoms with E-state index in [2.05, 4.69) is 4.99 Å². The minimum atomic E-state index is -1.01. The second kappa shape index (κ2) is 7.65. The zero-order valence-electron chi connectivity index (χ0n) is 13.6. The Morgan fingerprint density at radius 3 is 2.72 bits per heavy atom. The van der Waals surface area contributed by atoms with Crippen molar-refractivity contribution in [2.75, 3.05) is 26.3 Å². The van der Waals surface area contributed by atoms with E-state index in [0.717, 1.165) is 6.07 Å². The largest absolute Gasteiger partial charge is 0.378 e. The maximum atomic E-state index is 13.7. The van der Waals surface area contributed by atoms with E-state index in [1.165, 1.54) is 18.2 Å². The van der Waals surface area contributed by atoms with Gasteiger partial charge in [0, 0.05) is 44.1 Å². The van der Waals surface area contributed by atoms with Crippen LogP contribution in [0.2, 0.25) is 0 Å². The Morgan fingerprint density at radius 1 is 1.20 bits per heavy atom. The van der Waals surface area contributed by atoms with Gasteiger partial charge >= 0.3 is 0 Å². The molecule has 0 amide bonds. The van der Waals surface area contributed by atoms with E-state index in [1.807, 2.05) is 4.90 Å². The number of carbonyl (C=O) groups excluding carboxylic acids is 2. The molecule has 0 N–H and O–H groups in total. The zero-order valence-corrected chi connectivity index (χ0v) is 13.6. The fraction of sp³-hybridized carbons (Fsp3) is 0.389. The van der Waals surface area contributed by atoms with Gasteiger partial charge in [-0.3, -0.25) is 9.59 Å². The highest BCUT2D eigenvalue weighted by Crippen LogP contribution is 2.18. The van der Waals surface area contributed by atoms with Gasteiger partial charge in [0.15, 0.2) is 17.4 Å². The van der Waals surface area contributed by atoms with Gasteiger partial charge in [-0.15, -0.1) is 0 Å². The summed E-state index contributed by atoms with van der Waals surface area (Å²) in [4.78, 5) is 30.5. The molecule has 2 heterocycles. The summed E-state index contributed by atoms with van der Waals surface area (Å²) >= 11 is 0. The predicted molar refractivity (Wildman–Crippen MR) is 87.2 cm³/mol. The molecular weight excluding hydrogens is 330 g/mol. The van der Waals surface area contributed by atoms with E-state index in [0.29, 0.717) is 37.8 Å². The monoisotopic (exact) mass is 348 g/mol. The van der Waals surface area contributed by atoms with Crippen molar-refractivity contribution in [2.45, 2.75) is 19.3 Å². The van der Waals surface area contributed by atoms with Crippen molar-refractivity contribution in [3.8, 4) is 0 Å². The second-order valence-electron chi connectivity index (χ2n) is 6.03. The molecule has 1 fully saturated rings. The first-order chi connectivity index (χ1) is 12.0. The molecule has 5 nitrogen and oxygen atoms in total. The van der Waals surface area contributed by atoms with E-state index in [1.54, 1.807) is 0 Å². The van der Waals surface area contributed by atoms with Crippen LogP contribution in [0.3, 0.4) is 0 Å². The molecule has 132 valence electrons. The van der Waals surface area contributed by atoms with Gasteiger partial charge in [0.05, 0.1) is 13.2 Å². The molecule has 0 unspecified atom stereocenters. The van der Waals surface area contributed by atoms with Crippen LogP contribution >= 0.6 is 0 Å². The lowest BCUT2D eigenvalue weighted by Gasteiger charge is -2.30. The Labute approximate surface area is 144 Å². The lowest BCUT2D eigenvalue weighted by molar-refractivity contribution is -0.117. The van der Waals surface area contributed by atoms with Crippen molar-refractivity contribution in [1.29, 1.82) is 0 Å². The molecule has 0 radical (unpaired) electrons. The van der Waals surface area contributed by atoms with E-state index in [4.69, 9.17) is 4.74 Å². The van der Waals surface area contributed by atoms with Crippen LogP contribution in [-0.2, 0) is 20.7 Å². The summed E-state index contributed by atoms with van der Waals surface area (Å²) < 4.78 is 32.2. The summed E-state index contributed by atoms with van der Waals surface area (Å²) in [5, 5.41) is 0. The SMILES string of the molecule is O=C1C=C(N2CCOCC2)N=C(CC(=O)Cc2cccc(F)c2F)C1. The summed E-state index contributed by atoms with van der Waals surface area (Å²) in [5.74, 6) is -1.87. The quantitative estimate of drug-likeness (QED) is 0.817. The van der Waals surface area contributed by atoms with Gasteiger partial charge < -0.3 is 9.64 Å². The first kappa shape index (κ1) is 17.4. The predicted octanol–water partition coefficient (Wildman–Crippen LogP) is 2.05. The number of morpholine rings is 1. The molecule has 1 saturated heterocycles. The van der Waals surface area contributed by atoms with Crippen LogP contribution in [0.1, 0.15) is 18.4 Å². The van der Waals surface area contributed by atoms with E-state index >= 15 is 0 Å². The highest BCUT2D eigenvalue weighted by molar-refractivity contribution is 6.14. The molecular formula is C18H18F2N2O3. The Bertz CT molecular complexity index is 753. The van der Waals surface area contributed by atoms with Gasteiger partial charge in [0.1, 0.15) is 11.6 Å². The van der Waals surface area contributed by atoms with Crippen LogP contribution in [0.25, 0.3) is 0 Å². The van der Waals surface area contributed by atoms with Gasteiger partial charge in [-0.05, 0) is 11.6 Å². The number of rotatable bonds is 5. The van der Waals surface area contributed by atoms with Crippen molar-refractivity contribution in [3.63, 3.8) is 0 Å². The van der Waals surface area contributed by atoms with Crippen LogP contribution in [-0.4, -0.2) is 48.5 Å². The summed E-state index contributed by atoms with van der Waals surface area (Å²) in [6, 6.07) is 3.75. The first-order valence-electron chi connectivity index (χ1n) is 8.11. The molecule has 0 bridgehead atoms.